The maximum atomic E-state index is 8.90. The molecule has 0 amide bonds. The van der Waals surface area contributed by atoms with Crippen molar-refractivity contribution in [3.05, 3.63) is 0 Å². The van der Waals surface area contributed by atoms with Gasteiger partial charge in [0.05, 0.1) is 26.4 Å². The smallest absolute Gasteiger partial charge is 0.168 e. The predicted octanol–water partition coefficient (Wildman–Crippen LogP) is 2.09. The maximum absolute atomic E-state index is 8.90. The van der Waals surface area contributed by atoms with Gasteiger partial charge in [0.15, 0.2) is 11.6 Å². The maximum Gasteiger partial charge on any atom is 0.168 e. The Labute approximate surface area is 144 Å². The molecule has 2 saturated carbocycles. The lowest BCUT2D eigenvalue weighted by Crippen LogP contribution is -2.26. The fourth-order valence-electron chi connectivity index (χ4n) is 4.24. The van der Waals surface area contributed by atoms with E-state index in [9.17, 15) is 0 Å². The Hall–Kier alpha value is -0.240. The molecule has 2 spiro atoms. The average Bonchev–Trinajstić information content (AvgIpc) is 3.39. The summed E-state index contributed by atoms with van der Waals surface area (Å²) in [6.07, 6.45) is 6.12. The molecule has 0 aromatic rings. The van der Waals surface area contributed by atoms with Crippen LogP contribution in [0.2, 0.25) is 0 Å². The molecule has 0 radical (unpaired) electrons. The highest BCUT2D eigenvalue weighted by Crippen LogP contribution is 2.41. The minimum absolute atomic E-state index is 0.220. The minimum atomic E-state index is -0.298. The van der Waals surface area contributed by atoms with Gasteiger partial charge in [-0.1, -0.05) is 0 Å². The van der Waals surface area contributed by atoms with E-state index in [-0.39, 0.29) is 18.2 Å². The lowest BCUT2D eigenvalue weighted by atomic mass is 10.1. The Morgan fingerprint density at radius 2 is 1.38 bits per heavy atom. The van der Waals surface area contributed by atoms with E-state index in [1.54, 1.807) is 0 Å². The van der Waals surface area contributed by atoms with Crippen molar-refractivity contribution in [3.63, 3.8) is 0 Å². The first-order chi connectivity index (χ1) is 11.7. The SMILES string of the molecule is CCOCC1CCC2(C1)OCCO2.OCC1CCC2(C1)OCCO2. The number of ether oxygens (including phenoxy) is 5. The van der Waals surface area contributed by atoms with E-state index in [1.807, 2.05) is 6.92 Å². The van der Waals surface area contributed by atoms with E-state index < -0.39 is 0 Å². The van der Waals surface area contributed by atoms with E-state index >= 15 is 0 Å². The Kier molecular flexibility index (Phi) is 6.51. The van der Waals surface area contributed by atoms with Gasteiger partial charge in [0.25, 0.3) is 0 Å². The summed E-state index contributed by atoms with van der Waals surface area (Å²) in [5.74, 6) is 0.515. The zero-order valence-corrected chi connectivity index (χ0v) is 14.8. The molecule has 140 valence electrons. The van der Waals surface area contributed by atoms with Crippen LogP contribution in [0.5, 0.6) is 0 Å². The van der Waals surface area contributed by atoms with Crippen molar-refractivity contribution in [3.8, 4) is 0 Å². The Balaban J connectivity index is 0.000000143. The zero-order chi connectivity index (χ0) is 16.9. The van der Waals surface area contributed by atoms with Gasteiger partial charge < -0.3 is 28.8 Å². The fraction of sp³-hybridized carbons (Fsp3) is 1.00. The molecule has 1 N–H and O–H groups in total. The molecule has 2 atom stereocenters. The third kappa shape index (κ3) is 4.48. The summed E-state index contributed by atoms with van der Waals surface area (Å²) >= 11 is 0. The summed E-state index contributed by atoms with van der Waals surface area (Å²) in [7, 11) is 0. The largest absolute Gasteiger partial charge is 0.396 e. The molecule has 2 heterocycles. The molecule has 6 nitrogen and oxygen atoms in total. The zero-order valence-electron chi connectivity index (χ0n) is 14.8. The number of aliphatic hydroxyl groups is 1. The molecule has 4 aliphatic rings. The second kappa shape index (κ2) is 8.43. The predicted molar refractivity (Wildman–Crippen MR) is 87.5 cm³/mol. The van der Waals surface area contributed by atoms with Crippen LogP contribution in [0.1, 0.15) is 45.4 Å². The fourth-order valence-corrected chi connectivity index (χ4v) is 4.24. The van der Waals surface area contributed by atoms with Gasteiger partial charge in [0, 0.05) is 45.5 Å². The molecule has 2 unspecified atom stereocenters. The summed E-state index contributed by atoms with van der Waals surface area (Å²) in [4.78, 5) is 0. The third-order valence-corrected chi connectivity index (χ3v) is 5.51. The lowest BCUT2D eigenvalue weighted by Gasteiger charge is -2.21. The highest BCUT2D eigenvalue weighted by molar-refractivity contribution is 4.86. The van der Waals surface area contributed by atoms with Crippen LogP contribution in [-0.4, -0.2) is 62.9 Å². The highest BCUT2D eigenvalue weighted by Gasteiger charge is 2.44. The Morgan fingerprint density at radius 3 is 1.83 bits per heavy atom. The molecule has 0 aromatic heterocycles. The first-order valence-electron chi connectivity index (χ1n) is 9.44. The molecule has 0 aromatic carbocycles. The Bertz CT molecular complexity index is 376. The summed E-state index contributed by atoms with van der Waals surface area (Å²) in [5.41, 5.74) is 0. The number of rotatable bonds is 4. The van der Waals surface area contributed by atoms with Gasteiger partial charge in [-0.05, 0) is 31.6 Å². The molecule has 24 heavy (non-hydrogen) atoms. The van der Waals surface area contributed by atoms with E-state index in [2.05, 4.69) is 0 Å². The van der Waals surface area contributed by atoms with Gasteiger partial charge in [0.1, 0.15) is 0 Å². The summed E-state index contributed by atoms with van der Waals surface area (Å²) < 4.78 is 27.7. The van der Waals surface area contributed by atoms with Crippen LogP contribution in [0.25, 0.3) is 0 Å². The highest BCUT2D eigenvalue weighted by atomic mass is 16.7. The topological polar surface area (TPSA) is 66.4 Å². The van der Waals surface area contributed by atoms with Crippen molar-refractivity contribution in [1.82, 2.24) is 0 Å². The van der Waals surface area contributed by atoms with Gasteiger partial charge in [-0.25, -0.2) is 0 Å². The van der Waals surface area contributed by atoms with Crippen molar-refractivity contribution < 1.29 is 28.8 Å². The molecule has 2 saturated heterocycles. The van der Waals surface area contributed by atoms with Gasteiger partial charge in [-0.2, -0.15) is 0 Å². The summed E-state index contributed by atoms with van der Waals surface area (Å²) in [6, 6.07) is 0. The van der Waals surface area contributed by atoms with E-state index in [0.29, 0.717) is 11.8 Å². The van der Waals surface area contributed by atoms with Crippen LogP contribution in [0.4, 0.5) is 0 Å². The van der Waals surface area contributed by atoms with E-state index in [1.165, 1.54) is 6.42 Å². The quantitative estimate of drug-likeness (QED) is 0.842. The van der Waals surface area contributed by atoms with Crippen molar-refractivity contribution >= 4 is 0 Å². The van der Waals surface area contributed by atoms with Crippen molar-refractivity contribution in [2.45, 2.75) is 57.0 Å². The molecule has 6 heteroatoms. The summed E-state index contributed by atoms with van der Waals surface area (Å²) in [6.45, 7) is 6.96. The molecule has 0 bridgehead atoms. The second-order valence-electron chi connectivity index (χ2n) is 7.27. The van der Waals surface area contributed by atoms with Crippen LogP contribution < -0.4 is 0 Å². The lowest BCUT2D eigenvalue weighted by molar-refractivity contribution is -0.153. The van der Waals surface area contributed by atoms with Crippen molar-refractivity contribution in [1.29, 1.82) is 0 Å². The minimum Gasteiger partial charge on any atom is -0.396 e. The third-order valence-electron chi connectivity index (χ3n) is 5.51. The Morgan fingerprint density at radius 1 is 0.875 bits per heavy atom. The van der Waals surface area contributed by atoms with E-state index in [0.717, 1.165) is 71.7 Å². The van der Waals surface area contributed by atoms with Gasteiger partial charge in [-0.15, -0.1) is 0 Å². The monoisotopic (exact) mass is 344 g/mol. The molecular formula is C18H32O6. The average molecular weight is 344 g/mol. The molecule has 4 rings (SSSR count). The normalized spacial score (nSPS) is 33.2. The van der Waals surface area contributed by atoms with Crippen molar-refractivity contribution in [2.75, 3.05) is 46.2 Å². The van der Waals surface area contributed by atoms with Crippen LogP contribution in [0, 0.1) is 11.8 Å². The van der Waals surface area contributed by atoms with Crippen LogP contribution in [0.15, 0.2) is 0 Å². The van der Waals surface area contributed by atoms with Crippen LogP contribution >= 0.6 is 0 Å². The van der Waals surface area contributed by atoms with E-state index in [4.69, 9.17) is 28.8 Å². The van der Waals surface area contributed by atoms with Gasteiger partial charge in [0.2, 0.25) is 0 Å². The number of aliphatic hydroxyl groups excluding tert-OH is 1. The van der Waals surface area contributed by atoms with Gasteiger partial charge >= 0.3 is 0 Å². The number of hydrogen-bond donors (Lipinski definition) is 1. The first kappa shape index (κ1) is 18.5. The van der Waals surface area contributed by atoms with Crippen LogP contribution in [0.3, 0.4) is 0 Å². The standard InChI is InChI=1S/C10H18O3.C8H14O3/c1-2-11-8-9-3-4-10(7-9)12-5-6-13-10;9-6-7-1-2-8(5-7)10-3-4-11-8/h9H,2-8H2,1H3;7,9H,1-6H2. The molecule has 4 fully saturated rings. The molecular weight excluding hydrogens is 312 g/mol. The number of hydrogen-bond acceptors (Lipinski definition) is 6. The van der Waals surface area contributed by atoms with Gasteiger partial charge in [-0.3, -0.25) is 0 Å². The van der Waals surface area contributed by atoms with Crippen molar-refractivity contribution in [2.24, 2.45) is 11.8 Å². The summed E-state index contributed by atoms with van der Waals surface area (Å²) in [5, 5.41) is 8.90. The molecule has 2 aliphatic carbocycles. The second-order valence-corrected chi connectivity index (χ2v) is 7.27. The molecule has 2 aliphatic heterocycles. The van der Waals surface area contributed by atoms with Crippen LogP contribution in [-0.2, 0) is 23.7 Å². The first-order valence-corrected chi connectivity index (χ1v) is 9.44.